The van der Waals surface area contributed by atoms with Gasteiger partial charge in [0.1, 0.15) is 11.8 Å². The van der Waals surface area contributed by atoms with Crippen molar-refractivity contribution in [3.05, 3.63) is 27.9 Å². The minimum absolute atomic E-state index is 0.328. The standard InChI is InChI=1S/C8H8N2O4S/c1-2-15-7-3-5(8(11)12)6(4-9-7)10(13)14/h3-4H,2H2,1H3,(H,11,12). The lowest BCUT2D eigenvalue weighted by Crippen LogP contribution is -2.03. The number of carbonyl (C=O) groups is 1. The van der Waals surface area contributed by atoms with Gasteiger partial charge in [0.2, 0.25) is 0 Å². The second-order valence-electron chi connectivity index (χ2n) is 2.53. The van der Waals surface area contributed by atoms with Crippen LogP contribution in [0.3, 0.4) is 0 Å². The summed E-state index contributed by atoms with van der Waals surface area (Å²) in [4.78, 5) is 24.3. The largest absolute Gasteiger partial charge is 0.477 e. The van der Waals surface area contributed by atoms with E-state index in [1.807, 2.05) is 6.92 Å². The smallest absolute Gasteiger partial charge is 0.342 e. The van der Waals surface area contributed by atoms with Gasteiger partial charge in [-0.15, -0.1) is 11.8 Å². The van der Waals surface area contributed by atoms with Crippen LogP contribution in [-0.4, -0.2) is 26.7 Å². The fraction of sp³-hybridized carbons (Fsp3) is 0.250. The number of aromatic carboxylic acids is 1. The molecule has 0 saturated carbocycles. The van der Waals surface area contributed by atoms with E-state index in [0.29, 0.717) is 5.03 Å². The highest BCUT2D eigenvalue weighted by Crippen LogP contribution is 2.23. The number of hydrogen-bond donors (Lipinski definition) is 1. The molecule has 1 aromatic heterocycles. The summed E-state index contributed by atoms with van der Waals surface area (Å²) in [6.07, 6.45) is 0.974. The van der Waals surface area contributed by atoms with E-state index in [1.165, 1.54) is 17.8 Å². The minimum atomic E-state index is -1.32. The van der Waals surface area contributed by atoms with Gasteiger partial charge in [-0.2, -0.15) is 0 Å². The highest BCUT2D eigenvalue weighted by Gasteiger charge is 2.20. The summed E-state index contributed by atoms with van der Waals surface area (Å²) >= 11 is 1.33. The van der Waals surface area contributed by atoms with Crippen LogP contribution >= 0.6 is 11.8 Å². The third-order valence-electron chi connectivity index (χ3n) is 1.58. The van der Waals surface area contributed by atoms with Gasteiger partial charge < -0.3 is 5.11 Å². The Balaban J connectivity index is 3.21. The van der Waals surface area contributed by atoms with E-state index in [0.717, 1.165) is 11.9 Å². The lowest BCUT2D eigenvalue weighted by atomic mass is 10.2. The number of hydrogen-bond acceptors (Lipinski definition) is 5. The van der Waals surface area contributed by atoms with Crippen molar-refractivity contribution < 1.29 is 14.8 Å². The van der Waals surface area contributed by atoms with Crippen molar-refractivity contribution in [2.75, 3.05) is 5.75 Å². The first-order chi connectivity index (χ1) is 7.06. The molecule has 1 heterocycles. The van der Waals surface area contributed by atoms with Crippen LogP contribution in [0.25, 0.3) is 0 Å². The van der Waals surface area contributed by atoms with Crippen molar-refractivity contribution >= 4 is 23.4 Å². The maximum Gasteiger partial charge on any atom is 0.342 e. The summed E-state index contributed by atoms with van der Waals surface area (Å²) in [6, 6.07) is 1.22. The molecule has 80 valence electrons. The highest BCUT2D eigenvalue weighted by atomic mass is 32.2. The summed E-state index contributed by atoms with van der Waals surface area (Å²) in [5.41, 5.74) is -0.811. The van der Waals surface area contributed by atoms with Gasteiger partial charge in [-0.05, 0) is 11.8 Å². The van der Waals surface area contributed by atoms with Crippen molar-refractivity contribution in [3.8, 4) is 0 Å². The molecule has 0 radical (unpaired) electrons. The number of pyridine rings is 1. The predicted octanol–water partition coefficient (Wildman–Crippen LogP) is 1.80. The number of rotatable bonds is 4. The Morgan fingerprint density at radius 3 is 2.87 bits per heavy atom. The molecule has 0 aromatic carbocycles. The topological polar surface area (TPSA) is 93.3 Å². The van der Waals surface area contributed by atoms with Crippen LogP contribution < -0.4 is 0 Å². The van der Waals surface area contributed by atoms with Gasteiger partial charge in [0, 0.05) is 0 Å². The molecule has 0 aliphatic rings. The Morgan fingerprint density at radius 2 is 2.40 bits per heavy atom. The maximum atomic E-state index is 10.7. The average Bonchev–Trinajstić information content (AvgIpc) is 2.17. The average molecular weight is 228 g/mol. The zero-order valence-corrected chi connectivity index (χ0v) is 8.65. The van der Waals surface area contributed by atoms with E-state index < -0.39 is 16.6 Å². The highest BCUT2D eigenvalue weighted by molar-refractivity contribution is 7.99. The number of aromatic nitrogens is 1. The fourth-order valence-electron chi connectivity index (χ4n) is 0.973. The molecule has 0 aliphatic heterocycles. The molecule has 1 N–H and O–H groups in total. The number of thioether (sulfide) groups is 1. The molecule has 1 rings (SSSR count). The Kier molecular flexibility index (Phi) is 3.62. The van der Waals surface area contributed by atoms with Gasteiger partial charge >= 0.3 is 11.7 Å². The molecular formula is C8H8N2O4S. The van der Waals surface area contributed by atoms with Crippen LogP contribution in [0.4, 0.5) is 5.69 Å². The van der Waals surface area contributed by atoms with Crippen molar-refractivity contribution in [2.24, 2.45) is 0 Å². The third-order valence-corrected chi connectivity index (χ3v) is 2.38. The molecule has 6 nitrogen and oxygen atoms in total. The molecule has 7 heteroatoms. The minimum Gasteiger partial charge on any atom is -0.477 e. The molecule has 15 heavy (non-hydrogen) atoms. The zero-order valence-electron chi connectivity index (χ0n) is 7.84. The van der Waals surface area contributed by atoms with E-state index >= 15 is 0 Å². The fourth-order valence-corrected chi connectivity index (χ4v) is 1.60. The van der Waals surface area contributed by atoms with Crippen LogP contribution in [0, 0.1) is 10.1 Å². The van der Waals surface area contributed by atoms with E-state index in [9.17, 15) is 14.9 Å². The summed E-state index contributed by atoms with van der Waals surface area (Å²) in [5.74, 6) is -0.591. The van der Waals surface area contributed by atoms with Crippen molar-refractivity contribution in [1.29, 1.82) is 0 Å². The predicted molar refractivity (Wildman–Crippen MR) is 54.2 cm³/mol. The lowest BCUT2D eigenvalue weighted by molar-refractivity contribution is -0.385. The number of nitrogens with zero attached hydrogens (tertiary/aromatic N) is 2. The molecule has 0 aliphatic carbocycles. The second-order valence-corrected chi connectivity index (χ2v) is 3.82. The first-order valence-corrected chi connectivity index (χ1v) is 5.05. The Morgan fingerprint density at radius 1 is 1.73 bits per heavy atom. The summed E-state index contributed by atoms with van der Waals surface area (Å²) in [5, 5.41) is 19.7. The Bertz CT molecular complexity index is 408. The third kappa shape index (κ3) is 2.66. The van der Waals surface area contributed by atoms with Crippen molar-refractivity contribution in [2.45, 2.75) is 11.9 Å². The van der Waals surface area contributed by atoms with E-state index in [4.69, 9.17) is 5.11 Å². The molecular weight excluding hydrogens is 220 g/mol. The molecule has 0 amide bonds. The zero-order chi connectivity index (χ0) is 11.4. The van der Waals surface area contributed by atoms with E-state index in [1.54, 1.807) is 0 Å². The van der Waals surface area contributed by atoms with Gasteiger partial charge in [0.25, 0.3) is 0 Å². The molecule has 0 spiro atoms. The molecule has 0 saturated heterocycles. The normalized spacial score (nSPS) is 9.93. The first kappa shape index (κ1) is 11.4. The van der Waals surface area contributed by atoms with Crippen LogP contribution in [0.15, 0.2) is 17.3 Å². The molecule has 1 aromatic rings. The summed E-state index contributed by atoms with van der Waals surface area (Å²) in [6.45, 7) is 1.88. The van der Waals surface area contributed by atoms with Gasteiger partial charge in [0.05, 0.1) is 9.95 Å². The first-order valence-electron chi connectivity index (χ1n) is 4.06. The number of nitro groups is 1. The van der Waals surface area contributed by atoms with Gasteiger partial charge in [-0.3, -0.25) is 10.1 Å². The van der Waals surface area contributed by atoms with Crippen molar-refractivity contribution in [3.63, 3.8) is 0 Å². The Labute approximate surface area is 89.5 Å². The van der Waals surface area contributed by atoms with Gasteiger partial charge in [-0.1, -0.05) is 6.92 Å². The molecule has 0 atom stereocenters. The molecule has 0 bridgehead atoms. The van der Waals surface area contributed by atoms with Gasteiger partial charge in [0.15, 0.2) is 0 Å². The van der Waals surface area contributed by atoms with Crippen molar-refractivity contribution in [1.82, 2.24) is 4.98 Å². The van der Waals surface area contributed by atoms with Crippen LogP contribution in [0.1, 0.15) is 17.3 Å². The quantitative estimate of drug-likeness (QED) is 0.479. The van der Waals surface area contributed by atoms with Crippen LogP contribution in [0.2, 0.25) is 0 Å². The summed E-state index contributed by atoms with van der Waals surface area (Å²) < 4.78 is 0. The van der Waals surface area contributed by atoms with E-state index in [-0.39, 0.29) is 5.56 Å². The Hall–Kier alpha value is -1.63. The molecule has 0 fully saturated rings. The van der Waals surface area contributed by atoms with E-state index in [2.05, 4.69) is 4.98 Å². The lowest BCUT2D eigenvalue weighted by Gasteiger charge is -2.00. The maximum absolute atomic E-state index is 10.7. The molecule has 0 unspecified atom stereocenters. The van der Waals surface area contributed by atoms with Crippen LogP contribution in [-0.2, 0) is 0 Å². The van der Waals surface area contributed by atoms with Crippen LogP contribution in [0.5, 0.6) is 0 Å². The SMILES string of the molecule is CCSc1cc(C(=O)O)c([N+](=O)[O-])cn1. The monoisotopic (exact) mass is 228 g/mol. The second kappa shape index (κ2) is 4.74. The summed E-state index contributed by atoms with van der Waals surface area (Å²) in [7, 11) is 0. The number of carboxylic acid groups (broad SMARTS) is 1. The number of carboxylic acids is 1. The van der Waals surface area contributed by atoms with Gasteiger partial charge in [-0.25, -0.2) is 9.78 Å².